The summed E-state index contributed by atoms with van der Waals surface area (Å²) in [6.07, 6.45) is 9.87. The summed E-state index contributed by atoms with van der Waals surface area (Å²) in [5.74, 6) is 0.694. The van der Waals surface area contributed by atoms with Gasteiger partial charge in [0.05, 0.1) is 17.0 Å². The average molecular weight is 409 g/mol. The van der Waals surface area contributed by atoms with Crippen LogP contribution < -0.4 is 0 Å². The van der Waals surface area contributed by atoms with Crippen LogP contribution in [0.25, 0.3) is 22.6 Å². The summed E-state index contributed by atoms with van der Waals surface area (Å²) in [5.41, 5.74) is 9.19. The van der Waals surface area contributed by atoms with Crippen molar-refractivity contribution < 1.29 is 0 Å². The molecule has 4 heterocycles. The van der Waals surface area contributed by atoms with E-state index in [1.54, 1.807) is 12.4 Å². The maximum absolute atomic E-state index is 4.76. The van der Waals surface area contributed by atoms with Crippen LogP contribution in [0.3, 0.4) is 0 Å². The Labute approximate surface area is 182 Å². The predicted octanol–water partition coefficient (Wildman–Crippen LogP) is 4.17. The van der Waals surface area contributed by atoms with Gasteiger partial charge < -0.3 is 0 Å². The maximum Gasteiger partial charge on any atom is 0.162 e. The van der Waals surface area contributed by atoms with Crippen LogP contribution in [-0.4, -0.2) is 36.4 Å². The standard InChI is InChI=1S/C25H24N6/c1-17-4-3-5-22(18(17)2)24-7-6-19(10-28-24)14-31-9-8-23-21(15-31)13-29-25(30-23)20-11-26-16-27-12-20/h3-7,10-13,16H,8-9,14-15H2,1-2H3. The monoisotopic (exact) mass is 408 g/mol. The molecule has 4 aromatic rings. The Morgan fingerprint density at radius 2 is 1.81 bits per heavy atom. The number of aryl methyl sites for hydroxylation is 1. The first kappa shape index (κ1) is 19.5. The SMILES string of the molecule is Cc1cccc(-c2ccc(CN3CCc4nc(-c5cncnc5)ncc4C3)cn2)c1C. The highest BCUT2D eigenvalue weighted by Crippen LogP contribution is 2.25. The maximum atomic E-state index is 4.76. The van der Waals surface area contributed by atoms with Crippen LogP contribution in [0.2, 0.25) is 0 Å². The van der Waals surface area contributed by atoms with Crippen LogP contribution in [0.1, 0.15) is 27.9 Å². The van der Waals surface area contributed by atoms with Gasteiger partial charge in [-0.05, 0) is 36.6 Å². The lowest BCUT2D eigenvalue weighted by Crippen LogP contribution is -2.31. The minimum absolute atomic E-state index is 0.694. The normalized spacial score (nSPS) is 13.7. The van der Waals surface area contributed by atoms with Crippen LogP contribution in [0.15, 0.2) is 61.4 Å². The Kier molecular flexibility index (Phi) is 5.22. The van der Waals surface area contributed by atoms with Crippen molar-refractivity contribution in [1.82, 2.24) is 29.8 Å². The molecule has 1 aromatic carbocycles. The lowest BCUT2D eigenvalue weighted by atomic mass is 10.0. The van der Waals surface area contributed by atoms with Gasteiger partial charge in [0.2, 0.25) is 0 Å². The van der Waals surface area contributed by atoms with Gasteiger partial charge in [-0.25, -0.2) is 19.9 Å². The molecule has 0 amide bonds. The summed E-state index contributed by atoms with van der Waals surface area (Å²) in [7, 11) is 0. The molecular weight excluding hydrogens is 384 g/mol. The first-order valence-electron chi connectivity index (χ1n) is 10.5. The van der Waals surface area contributed by atoms with E-state index in [9.17, 15) is 0 Å². The quantitative estimate of drug-likeness (QED) is 0.505. The van der Waals surface area contributed by atoms with E-state index in [1.807, 2.05) is 12.4 Å². The summed E-state index contributed by atoms with van der Waals surface area (Å²) in [6.45, 7) is 6.98. The molecule has 0 N–H and O–H groups in total. The number of rotatable bonds is 4. The fourth-order valence-electron chi connectivity index (χ4n) is 4.03. The molecule has 0 spiro atoms. The van der Waals surface area contributed by atoms with E-state index in [2.05, 4.69) is 64.0 Å². The van der Waals surface area contributed by atoms with Crippen molar-refractivity contribution in [1.29, 1.82) is 0 Å². The molecule has 0 saturated heterocycles. The molecule has 0 radical (unpaired) electrons. The van der Waals surface area contributed by atoms with Crippen molar-refractivity contribution in [2.75, 3.05) is 6.54 Å². The zero-order valence-corrected chi connectivity index (χ0v) is 17.8. The van der Waals surface area contributed by atoms with E-state index in [4.69, 9.17) is 9.97 Å². The van der Waals surface area contributed by atoms with Gasteiger partial charge in [-0.3, -0.25) is 9.88 Å². The van der Waals surface area contributed by atoms with Crippen LogP contribution in [-0.2, 0) is 19.5 Å². The molecule has 5 rings (SSSR count). The van der Waals surface area contributed by atoms with Gasteiger partial charge in [0.25, 0.3) is 0 Å². The minimum Gasteiger partial charge on any atom is -0.294 e. The summed E-state index contributed by atoms with van der Waals surface area (Å²) in [4.78, 5) is 24.6. The minimum atomic E-state index is 0.694. The highest BCUT2D eigenvalue weighted by molar-refractivity contribution is 5.64. The third kappa shape index (κ3) is 4.07. The molecule has 0 fully saturated rings. The third-order valence-corrected chi connectivity index (χ3v) is 5.94. The van der Waals surface area contributed by atoms with Gasteiger partial charge in [-0.1, -0.05) is 24.3 Å². The fourth-order valence-corrected chi connectivity index (χ4v) is 4.03. The molecule has 0 atom stereocenters. The van der Waals surface area contributed by atoms with Crippen LogP contribution in [0, 0.1) is 13.8 Å². The Morgan fingerprint density at radius 3 is 2.61 bits per heavy atom. The molecular formula is C25H24N6. The van der Waals surface area contributed by atoms with Gasteiger partial charge in [0.15, 0.2) is 5.82 Å². The lowest BCUT2D eigenvalue weighted by molar-refractivity contribution is 0.242. The molecule has 3 aromatic heterocycles. The van der Waals surface area contributed by atoms with Crippen LogP contribution in [0.4, 0.5) is 0 Å². The predicted molar refractivity (Wildman–Crippen MR) is 120 cm³/mol. The molecule has 1 aliphatic rings. The highest BCUT2D eigenvalue weighted by atomic mass is 15.1. The Hall–Kier alpha value is -3.51. The molecule has 1 aliphatic heterocycles. The van der Waals surface area contributed by atoms with Crippen LogP contribution >= 0.6 is 0 Å². The van der Waals surface area contributed by atoms with E-state index in [1.165, 1.54) is 34.1 Å². The summed E-state index contributed by atoms with van der Waals surface area (Å²) in [6, 6.07) is 10.7. The van der Waals surface area contributed by atoms with Crippen molar-refractivity contribution in [2.45, 2.75) is 33.4 Å². The zero-order valence-electron chi connectivity index (χ0n) is 17.8. The Bertz CT molecular complexity index is 1200. The highest BCUT2D eigenvalue weighted by Gasteiger charge is 2.19. The van der Waals surface area contributed by atoms with Gasteiger partial charge in [-0.2, -0.15) is 0 Å². The average Bonchev–Trinajstić information content (AvgIpc) is 2.82. The number of hydrogen-bond donors (Lipinski definition) is 0. The third-order valence-electron chi connectivity index (χ3n) is 5.94. The van der Waals surface area contributed by atoms with Crippen molar-refractivity contribution in [2.24, 2.45) is 0 Å². The van der Waals surface area contributed by atoms with Crippen molar-refractivity contribution in [3.05, 3.63) is 89.4 Å². The molecule has 31 heavy (non-hydrogen) atoms. The first-order chi connectivity index (χ1) is 15.2. The van der Waals surface area contributed by atoms with Gasteiger partial charge in [0.1, 0.15) is 6.33 Å². The summed E-state index contributed by atoms with van der Waals surface area (Å²) in [5, 5.41) is 0. The summed E-state index contributed by atoms with van der Waals surface area (Å²) < 4.78 is 0. The second-order valence-electron chi connectivity index (χ2n) is 8.05. The number of aromatic nitrogens is 5. The van der Waals surface area contributed by atoms with Crippen molar-refractivity contribution >= 4 is 0 Å². The van der Waals surface area contributed by atoms with Gasteiger partial charge in [0, 0.05) is 62.0 Å². The Morgan fingerprint density at radius 1 is 0.935 bits per heavy atom. The second kappa shape index (κ2) is 8.32. The molecule has 6 nitrogen and oxygen atoms in total. The molecule has 0 unspecified atom stereocenters. The molecule has 0 aliphatic carbocycles. The number of benzene rings is 1. The van der Waals surface area contributed by atoms with Crippen molar-refractivity contribution in [3.8, 4) is 22.6 Å². The zero-order chi connectivity index (χ0) is 21.2. The van der Waals surface area contributed by atoms with Gasteiger partial charge in [-0.15, -0.1) is 0 Å². The number of hydrogen-bond acceptors (Lipinski definition) is 6. The largest absolute Gasteiger partial charge is 0.294 e. The Balaban J connectivity index is 1.28. The van der Waals surface area contributed by atoms with E-state index in [0.29, 0.717) is 5.82 Å². The molecule has 154 valence electrons. The number of pyridine rings is 1. The van der Waals surface area contributed by atoms with E-state index in [0.717, 1.165) is 43.0 Å². The van der Waals surface area contributed by atoms with E-state index in [-0.39, 0.29) is 0 Å². The molecule has 0 bridgehead atoms. The lowest BCUT2D eigenvalue weighted by Gasteiger charge is -2.28. The summed E-state index contributed by atoms with van der Waals surface area (Å²) >= 11 is 0. The fraction of sp³-hybridized carbons (Fsp3) is 0.240. The second-order valence-corrected chi connectivity index (χ2v) is 8.05. The number of fused-ring (bicyclic) bond motifs is 1. The van der Waals surface area contributed by atoms with Crippen molar-refractivity contribution in [3.63, 3.8) is 0 Å². The smallest absolute Gasteiger partial charge is 0.162 e. The van der Waals surface area contributed by atoms with Gasteiger partial charge >= 0.3 is 0 Å². The van der Waals surface area contributed by atoms with Crippen LogP contribution in [0.5, 0.6) is 0 Å². The number of nitrogens with zero attached hydrogens (tertiary/aromatic N) is 6. The first-order valence-corrected chi connectivity index (χ1v) is 10.5. The molecule has 6 heteroatoms. The van der Waals surface area contributed by atoms with E-state index < -0.39 is 0 Å². The van der Waals surface area contributed by atoms with E-state index >= 15 is 0 Å². The topological polar surface area (TPSA) is 67.7 Å². The molecule has 0 saturated carbocycles.